The highest BCUT2D eigenvalue weighted by Gasteiger charge is 2.13. The van der Waals surface area contributed by atoms with Crippen molar-refractivity contribution in [2.75, 3.05) is 18.5 Å². The molecule has 0 atom stereocenters. The maximum atomic E-state index is 12.0. The second-order valence-corrected chi connectivity index (χ2v) is 5.81. The molecule has 0 saturated heterocycles. The van der Waals surface area contributed by atoms with Crippen LogP contribution in [0.3, 0.4) is 0 Å². The van der Waals surface area contributed by atoms with Crippen molar-refractivity contribution >= 4 is 27.5 Å². The third kappa shape index (κ3) is 3.24. The summed E-state index contributed by atoms with van der Waals surface area (Å²) in [6, 6.07) is 5.39. The van der Waals surface area contributed by atoms with Crippen LogP contribution in [0, 0.1) is 6.92 Å². The van der Waals surface area contributed by atoms with Crippen molar-refractivity contribution in [3.05, 3.63) is 34.6 Å². The van der Waals surface area contributed by atoms with Gasteiger partial charge in [0, 0.05) is 23.9 Å². The van der Waals surface area contributed by atoms with Crippen LogP contribution in [0.25, 0.3) is 0 Å². The van der Waals surface area contributed by atoms with Gasteiger partial charge in [-0.05, 0) is 35.0 Å². The molecule has 1 amide bonds. The number of fused-ring (bicyclic) bond motifs is 1. The van der Waals surface area contributed by atoms with Crippen LogP contribution in [-0.2, 0) is 11.3 Å². The van der Waals surface area contributed by atoms with Crippen LogP contribution in [0.15, 0.2) is 28.9 Å². The van der Waals surface area contributed by atoms with E-state index in [0.717, 1.165) is 10.2 Å². The standard InChI is InChI=1S/C15H16BrN3O3/c1-10-12(16)9-17-19(10)5-4-15(20)18-11-2-3-13-14(8-11)22-7-6-21-13/h2-3,8-9H,4-7H2,1H3,(H,18,20). The minimum atomic E-state index is -0.0669. The van der Waals surface area contributed by atoms with Gasteiger partial charge in [0.25, 0.3) is 0 Å². The molecule has 0 fully saturated rings. The van der Waals surface area contributed by atoms with E-state index in [4.69, 9.17) is 9.47 Å². The Morgan fingerprint density at radius 1 is 1.36 bits per heavy atom. The van der Waals surface area contributed by atoms with Crippen LogP contribution < -0.4 is 14.8 Å². The van der Waals surface area contributed by atoms with Gasteiger partial charge >= 0.3 is 0 Å². The number of amides is 1. The Hall–Kier alpha value is -2.02. The molecule has 0 saturated carbocycles. The fraction of sp³-hybridized carbons (Fsp3) is 0.333. The van der Waals surface area contributed by atoms with Crippen LogP contribution in [0.2, 0.25) is 0 Å². The van der Waals surface area contributed by atoms with Gasteiger partial charge in [-0.1, -0.05) is 0 Å². The molecule has 1 aliphatic heterocycles. The highest BCUT2D eigenvalue weighted by molar-refractivity contribution is 9.10. The smallest absolute Gasteiger partial charge is 0.226 e. The third-order valence-electron chi connectivity index (χ3n) is 3.42. The number of carbonyl (C=O) groups is 1. The number of carbonyl (C=O) groups excluding carboxylic acids is 1. The van der Waals surface area contributed by atoms with Gasteiger partial charge in [-0.3, -0.25) is 9.48 Å². The Morgan fingerprint density at radius 2 is 2.14 bits per heavy atom. The summed E-state index contributed by atoms with van der Waals surface area (Å²) in [7, 11) is 0. The molecule has 1 aromatic carbocycles. The fourth-order valence-corrected chi connectivity index (χ4v) is 2.50. The van der Waals surface area contributed by atoms with Crippen molar-refractivity contribution in [1.29, 1.82) is 0 Å². The van der Waals surface area contributed by atoms with Crippen molar-refractivity contribution in [3.63, 3.8) is 0 Å². The van der Waals surface area contributed by atoms with Crippen LogP contribution in [-0.4, -0.2) is 28.9 Å². The zero-order valence-corrected chi connectivity index (χ0v) is 13.7. The molecule has 0 radical (unpaired) electrons. The molecule has 0 unspecified atom stereocenters. The first kappa shape index (κ1) is 14.9. The molecule has 22 heavy (non-hydrogen) atoms. The lowest BCUT2D eigenvalue weighted by Gasteiger charge is -2.19. The van der Waals surface area contributed by atoms with Gasteiger partial charge in [0.1, 0.15) is 13.2 Å². The van der Waals surface area contributed by atoms with E-state index in [0.29, 0.717) is 43.4 Å². The lowest BCUT2D eigenvalue weighted by atomic mass is 10.2. The summed E-state index contributed by atoms with van der Waals surface area (Å²) in [6.07, 6.45) is 2.08. The normalized spacial score (nSPS) is 13.0. The molecular weight excluding hydrogens is 350 g/mol. The van der Waals surface area contributed by atoms with Gasteiger partial charge in [0.2, 0.25) is 5.91 Å². The van der Waals surface area contributed by atoms with Crippen molar-refractivity contribution in [2.24, 2.45) is 0 Å². The number of aromatic nitrogens is 2. The summed E-state index contributed by atoms with van der Waals surface area (Å²) in [4.78, 5) is 12.0. The zero-order chi connectivity index (χ0) is 15.5. The maximum Gasteiger partial charge on any atom is 0.226 e. The average molecular weight is 366 g/mol. The van der Waals surface area contributed by atoms with Crippen molar-refractivity contribution in [2.45, 2.75) is 19.9 Å². The highest BCUT2D eigenvalue weighted by atomic mass is 79.9. The number of halogens is 1. The van der Waals surface area contributed by atoms with Crippen molar-refractivity contribution in [3.8, 4) is 11.5 Å². The molecule has 3 rings (SSSR count). The van der Waals surface area contributed by atoms with Crippen LogP contribution >= 0.6 is 15.9 Å². The second-order valence-electron chi connectivity index (χ2n) is 4.96. The number of aryl methyl sites for hydroxylation is 1. The summed E-state index contributed by atoms with van der Waals surface area (Å²) in [5, 5.41) is 7.07. The van der Waals surface area contributed by atoms with Gasteiger partial charge in [-0.15, -0.1) is 0 Å². The van der Waals surface area contributed by atoms with E-state index in [1.54, 1.807) is 29.1 Å². The van der Waals surface area contributed by atoms with E-state index < -0.39 is 0 Å². The molecule has 0 aliphatic carbocycles. The van der Waals surface area contributed by atoms with Gasteiger partial charge in [0.15, 0.2) is 11.5 Å². The number of ether oxygens (including phenoxy) is 2. The number of benzene rings is 1. The predicted octanol–water partition coefficient (Wildman–Crippen LogP) is 2.75. The molecular formula is C15H16BrN3O3. The SMILES string of the molecule is Cc1c(Br)cnn1CCC(=O)Nc1ccc2c(c1)OCCO2. The predicted molar refractivity (Wildman–Crippen MR) is 85.3 cm³/mol. The molecule has 1 N–H and O–H groups in total. The molecule has 7 heteroatoms. The molecule has 2 aromatic rings. The Labute approximate surface area is 136 Å². The average Bonchev–Trinajstić information content (AvgIpc) is 2.84. The van der Waals surface area contributed by atoms with Crippen LogP contribution in [0.1, 0.15) is 12.1 Å². The van der Waals surface area contributed by atoms with Gasteiger partial charge in [-0.2, -0.15) is 5.10 Å². The first-order valence-electron chi connectivity index (χ1n) is 7.01. The number of hydrogen-bond acceptors (Lipinski definition) is 4. The lowest BCUT2D eigenvalue weighted by Crippen LogP contribution is -2.17. The van der Waals surface area contributed by atoms with Gasteiger partial charge in [0.05, 0.1) is 17.2 Å². The molecule has 1 aromatic heterocycles. The Morgan fingerprint density at radius 3 is 2.86 bits per heavy atom. The summed E-state index contributed by atoms with van der Waals surface area (Å²) < 4.78 is 13.7. The zero-order valence-electron chi connectivity index (χ0n) is 12.1. The molecule has 6 nitrogen and oxygen atoms in total. The van der Waals surface area contributed by atoms with E-state index in [1.807, 2.05) is 6.92 Å². The molecule has 2 heterocycles. The largest absolute Gasteiger partial charge is 0.486 e. The molecule has 0 bridgehead atoms. The number of nitrogens with zero attached hydrogens (tertiary/aromatic N) is 2. The van der Waals surface area contributed by atoms with Crippen LogP contribution in [0.4, 0.5) is 5.69 Å². The van der Waals surface area contributed by atoms with E-state index in [-0.39, 0.29) is 5.91 Å². The minimum absolute atomic E-state index is 0.0669. The van der Waals surface area contributed by atoms with E-state index >= 15 is 0 Å². The Bertz CT molecular complexity index is 699. The Kier molecular flexibility index (Phi) is 4.33. The highest BCUT2D eigenvalue weighted by Crippen LogP contribution is 2.32. The van der Waals surface area contributed by atoms with Crippen LogP contribution in [0.5, 0.6) is 11.5 Å². The number of hydrogen-bond donors (Lipinski definition) is 1. The van der Waals surface area contributed by atoms with E-state index in [9.17, 15) is 4.79 Å². The van der Waals surface area contributed by atoms with E-state index in [1.165, 1.54) is 0 Å². The summed E-state index contributed by atoms with van der Waals surface area (Å²) in [5.74, 6) is 1.31. The second kappa shape index (κ2) is 6.39. The third-order valence-corrected chi connectivity index (χ3v) is 4.20. The maximum absolute atomic E-state index is 12.0. The van der Waals surface area contributed by atoms with Crippen molar-refractivity contribution in [1.82, 2.24) is 9.78 Å². The summed E-state index contributed by atoms with van der Waals surface area (Å²) >= 11 is 3.40. The number of rotatable bonds is 4. The molecule has 116 valence electrons. The molecule has 0 spiro atoms. The Balaban J connectivity index is 1.58. The summed E-state index contributed by atoms with van der Waals surface area (Å²) in [6.45, 7) is 3.57. The quantitative estimate of drug-likeness (QED) is 0.904. The van der Waals surface area contributed by atoms with Crippen molar-refractivity contribution < 1.29 is 14.3 Å². The van der Waals surface area contributed by atoms with Gasteiger partial charge < -0.3 is 14.8 Å². The topological polar surface area (TPSA) is 65.4 Å². The molecule has 1 aliphatic rings. The number of anilines is 1. The minimum Gasteiger partial charge on any atom is -0.486 e. The number of nitrogens with one attached hydrogen (secondary N) is 1. The summed E-state index contributed by atoms with van der Waals surface area (Å²) in [5.41, 5.74) is 1.71. The first-order valence-corrected chi connectivity index (χ1v) is 7.80. The fourth-order valence-electron chi connectivity index (χ4n) is 2.20. The van der Waals surface area contributed by atoms with E-state index in [2.05, 4.69) is 26.3 Å². The lowest BCUT2D eigenvalue weighted by molar-refractivity contribution is -0.116. The van der Waals surface area contributed by atoms with Gasteiger partial charge in [-0.25, -0.2) is 0 Å². The monoisotopic (exact) mass is 365 g/mol. The first-order chi connectivity index (χ1) is 10.6.